The van der Waals surface area contributed by atoms with E-state index in [9.17, 15) is 13.6 Å². The zero-order valence-corrected chi connectivity index (χ0v) is 14.1. The minimum absolute atomic E-state index is 0.176. The van der Waals surface area contributed by atoms with E-state index in [0.717, 1.165) is 50.2 Å². The first-order valence-electron chi connectivity index (χ1n) is 8.29. The summed E-state index contributed by atoms with van der Waals surface area (Å²) in [5.74, 6) is -1.72. The molecule has 2 N–H and O–H groups in total. The molecule has 1 aromatic carbocycles. The minimum atomic E-state index is -0.863. The van der Waals surface area contributed by atoms with Crippen molar-refractivity contribution in [3.05, 3.63) is 47.5 Å². The summed E-state index contributed by atoms with van der Waals surface area (Å²) in [6.07, 6.45) is 2.30. The van der Waals surface area contributed by atoms with Gasteiger partial charge in [0.05, 0.1) is 0 Å². The Morgan fingerprint density at radius 2 is 2.00 bits per heavy atom. The predicted molar refractivity (Wildman–Crippen MR) is 90.9 cm³/mol. The van der Waals surface area contributed by atoms with Crippen LogP contribution in [0.1, 0.15) is 25.3 Å². The zero-order valence-electron chi connectivity index (χ0n) is 14.1. The van der Waals surface area contributed by atoms with Gasteiger partial charge < -0.3 is 10.6 Å². The number of nitrogens with one attached hydrogen (secondary N) is 2. The quantitative estimate of drug-likeness (QED) is 0.784. The summed E-state index contributed by atoms with van der Waals surface area (Å²) in [6, 6.07) is 3.75. The molecule has 0 bridgehead atoms. The number of hydrogen-bond acceptors (Lipinski definition) is 2. The van der Waals surface area contributed by atoms with E-state index in [1.54, 1.807) is 0 Å². The van der Waals surface area contributed by atoms with Gasteiger partial charge in [0.1, 0.15) is 0 Å². The van der Waals surface area contributed by atoms with Crippen LogP contribution in [0.3, 0.4) is 0 Å². The highest BCUT2D eigenvalue weighted by molar-refractivity contribution is 5.74. The van der Waals surface area contributed by atoms with Crippen LogP contribution >= 0.6 is 0 Å². The van der Waals surface area contributed by atoms with Gasteiger partial charge in [0.2, 0.25) is 0 Å². The van der Waals surface area contributed by atoms with Crippen LogP contribution in [-0.4, -0.2) is 43.2 Å². The van der Waals surface area contributed by atoms with E-state index >= 15 is 0 Å². The number of carbonyl (C=O) groups is 1. The summed E-state index contributed by atoms with van der Waals surface area (Å²) < 4.78 is 25.9. The maximum Gasteiger partial charge on any atom is 0.315 e. The van der Waals surface area contributed by atoms with Crippen molar-refractivity contribution >= 4 is 6.03 Å². The van der Waals surface area contributed by atoms with Gasteiger partial charge in [-0.1, -0.05) is 18.2 Å². The second kappa shape index (κ2) is 8.78. The lowest BCUT2D eigenvalue weighted by molar-refractivity contribution is 0.202. The first-order chi connectivity index (χ1) is 11.4. The number of nitrogens with zero attached hydrogens (tertiary/aromatic N) is 1. The highest BCUT2D eigenvalue weighted by Gasteiger charge is 2.20. The maximum atomic E-state index is 13.1. The average Bonchev–Trinajstić information content (AvgIpc) is 2.52. The van der Waals surface area contributed by atoms with Gasteiger partial charge >= 0.3 is 6.03 Å². The van der Waals surface area contributed by atoms with Crippen LogP contribution in [0.2, 0.25) is 0 Å². The fraction of sp³-hybridized carbons (Fsp3) is 0.500. The Bertz CT molecular complexity index is 584. The molecule has 1 fully saturated rings. The number of halogens is 2. The largest absolute Gasteiger partial charge is 0.338 e. The van der Waals surface area contributed by atoms with E-state index in [-0.39, 0.29) is 12.1 Å². The molecular weight excluding hydrogens is 312 g/mol. The van der Waals surface area contributed by atoms with E-state index < -0.39 is 11.6 Å². The Kier molecular flexibility index (Phi) is 6.73. The minimum Gasteiger partial charge on any atom is -0.338 e. The summed E-state index contributed by atoms with van der Waals surface area (Å²) in [5, 5.41) is 5.73. The van der Waals surface area contributed by atoms with Crippen LogP contribution in [0.15, 0.2) is 30.4 Å². The topological polar surface area (TPSA) is 44.4 Å². The van der Waals surface area contributed by atoms with Crippen molar-refractivity contribution in [3.63, 3.8) is 0 Å². The summed E-state index contributed by atoms with van der Waals surface area (Å²) in [7, 11) is 0. The lowest BCUT2D eigenvalue weighted by atomic mass is 10.0. The van der Waals surface area contributed by atoms with Gasteiger partial charge in [-0.2, -0.15) is 0 Å². The first kappa shape index (κ1) is 18.4. The molecule has 0 radical (unpaired) electrons. The van der Waals surface area contributed by atoms with Crippen molar-refractivity contribution in [1.29, 1.82) is 0 Å². The summed E-state index contributed by atoms with van der Waals surface area (Å²) in [5.41, 5.74) is 1.80. The highest BCUT2D eigenvalue weighted by Crippen LogP contribution is 2.11. The van der Waals surface area contributed by atoms with Crippen LogP contribution in [0.4, 0.5) is 13.6 Å². The molecule has 0 aliphatic carbocycles. The second-order valence-electron chi connectivity index (χ2n) is 6.41. The van der Waals surface area contributed by atoms with Crippen LogP contribution in [0.5, 0.6) is 0 Å². The summed E-state index contributed by atoms with van der Waals surface area (Å²) in [4.78, 5) is 14.2. The smallest absolute Gasteiger partial charge is 0.315 e. The Morgan fingerprint density at radius 1 is 1.29 bits per heavy atom. The Labute approximate surface area is 141 Å². The third-order valence-corrected chi connectivity index (χ3v) is 4.10. The van der Waals surface area contributed by atoms with Crippen molar-refractivity contribution < 1.29 is 13.6 Å². The van der Waals surface area contributed by atoms with Gasteiger partial charge in [0, 0.05) is 32.2 Å². The fourth-order valence-electron chi connectivity index (χ4n) is 2.87. The van der Waals surface area contributed by atoms with Crippen molar-refractivity contribution in [3.8, 4) is 0 Å². The molecule has 1 aliphatic rings. The van der Waals surface area contributed by atoms with Crippen LogP contribution in [-0.2, 0) is 6.42 Å². The van der Waals surface area contributed by atoms with Crippen molar-refractivity contribution in [2.45, 2.75) is 32.2 Å². The molecule has 132 valence electrons. The normalized spacial score (nSPS) is 16.0. The molecule has 0 saturated carbocycles. The fourth-order valence-corrected chi connectivity index (χ4v) is 2.87. The van der Waals surface area contributed by atoms with Crippen LogP contribution < -0.4 is 10.6 Å². The number of benzene rings is 1. The van der Waals surface area contributed by atoms with Gasteiger partial charge in [0.25, 0.3) is 0 Å². The molecule has 24 heavy (non-hydrogen) atoms. The lowest BCUT2D eigenvalue weighted by Crippen LogP contribution is -2.48. The third kappa shape index (κ3) is 5.92. The highest BCUT2D eigenvalue weighted by atomic mass is 19.2. The van der Waals surface area contributed by atoms with Gasteiger partial charge in [-0.3, -0.25) is 4.90 Å². The molecule has 4 nitrogen and oxygen atoms in total. The van der Waals surface area contributed by atoms with E-state index in [1.807, 2.05) is 6.92 Å². The van der Waals surface area contributed by atoms with Gasteiger partial charge in [0.15, 0.2) is 11.6 Å². The molecule has 0 spiro atoms. The summed E-state index contributed by atoms with van der Waals surface area (Å²) >= 11 is 0. The van der Waals surface area contributed by atoms with E-state index in [1.165, 1.54) is 6.07 Å². The number of hydrogen-bond donors (Lipinski definition) is 2. The van der Waals surface area contributed by atoms with Gasteiger partial charge in [-0.25, -0.2) is 13.6 Å². The predicted octanol–water partition coefficient (Wildman–Crippen LogP) is 2.85. The molecule has 0 aromatic heterocycles. The zero-order chi connectivity index (χ0) is 17.5. The Hall–Kier alpha value is -1.95. The molecule has 2 amide bonds. The second-order valence-corrected chi connectivity index (χ2v) is 6.41. The first-order valence-corrected chi connectivity index (χ1v) is 8.29. The SMILES string of the molecule is C=C(C)CN1CCC(NC(=O)NCCc2ccc(F)c(F)c2)CC1. The number of amides is 2. The van der Waals surface area contributed by atoms with Gasteiger partial charge in [-0.05, 0) is 43.9 Å². The van der Waals surface area contributed by atoms with E-state index in [0.29, 0.717) is 18.5 Å². The standard InChI is InChI=1S/C18H25F2N3O/c1-13(2)12-23-9-6-15(7-10-23)22-18(24)21-8-5-14-3-4-16(19)17(20)11-14/h3-4,11,15H,1,5-10,12H2,2H3,(H2,21,22,24). The summed E-state index contributed by atoms with van der Waals surface area (Å²) in [6.45, 7) is 9.13. The number of likely N-dealkylation sites (tertiary alicyclic amines) is 1. The molecule has 1 aromatic rings. The number of carbonyl (C=O) groups excluding carboxylic acids is 1. The molecule has 1 heterocycles. The molecule has 0 unspecified atom stereocenters. The molecule has 6 heteroatoms. The monoisotopic (exact) mass is 337 g/mol. The average molecular weight is 337 g/mol. The lowest BCUT2D eigenvalue weighted by Gasteiger charge is -2.32. The van der Waals surface area contributed by atoms with Crippen molar-refractivity contribution in [1.82, 2.24) is 15.5 Å². The Morgan fingerprint density at radius 3 is 2.62 bits per heavy atom. The van der Waals surface area contributed by atoms with Crippen LogP contribution in [0, 0.1) is 11.6 Å². The molecular formula is C18H25F2N3O. The number of urea groups is 1. The maximum absolute atomic E-state index is 13.1. The molecule has 1 aliphatic heterocycles. The number of piperidine rings is 1. The van der Waals surface area contributed by atoms with Crippen molar-refractivity contribution in [2.75, 3.05) is 26.2 Å². The van der Waals surface area contributed by atoms with Crippen molar-refractivity contribution in [2.24, 2.45) is 0 Å². The molecule has 2 rings (SSSR count). The van der Waals surface area contributed by atoms with Gasteiger partial charge in [-0.15, -0.1) is 0 Å². The third-order valence-electron chi connectivity index (χ3n) is 4.10. The molecule has 1 saturated heterocycles. The van der Waals surface area contributed by atoms with Crippen LogP contribution in [0.25, 0.3) is 0 Å². The van der Waals surface area contributed by atoms with E-state index in [4.69, 9.17) is 0 Å². The number of rotatable bonds is 6. The Balaban J connectivity index is 1.65. The van der Waals surface area contributed by atoms with E-state index in [2.05, 4.69) is 22.1 Å². The molecule has 0 atom stereocenters.